The molecular weight excluding hydrogens is 331 g/mol. The first-order valence-electron chi connectivity index (χ1n) is 7.63. The maximum absolute atomic E-state index is 13.3. The molecule has 6 nitrogen and oxygen atoms in total. The molecular formula is C16H15FN4O2S. The minimum absolute atomic E-state index is 0.0197. The summed E-state index contributed by atoms with van der Waals surface area (Å²) in [6.45, 7) is 0.735. The van der Waals surface area contributed by atoms with Gasteiger partial charge in [-0.3, -0.25) is 10.1 Å². The van der Waals surface area contributed by atoms with Crippen molar-refractivity contribution in [3.8, 4) is 0 Å². The van der Waals surface area contributed by atoms with Gasteiger partial charge in [-0.1, -0.05) is 11.3 Å². The van der Waals surface area contributed by atoms with Crippen LogP contribution < -0.4 is 5.32 Å². The maximum Gasteiger partial charge on any atom is 0.274 e. The molecule has 0 radical (unpaired) electrons. The van der Waals surface area contributed by atoms with Gasteiger partial charge in [0.25, 0.3) is 5.91 Å². The van der Waals surface area contributed by atoms with Crippen molar-refractivity contribution in [1.82, 2.24) is 14.8 Å². The summed E-state index contributed by atoms with van der Waals surface area (Å²) < 4.78 is 20.6. The van der Waals surface area contributed by atoms with Crippen molar-refractivity contribution in [3.05, 3.63) is 40.8 Å². The maximum atomic E-state index is 13.3. The van der Waals surface area contributed by atoms with Crippen molar-refractivity contribution in [2.45, 2.75) is 18.9 Å². The van der Waals surface area contributed by atoms with Crippen LogP contribution in [0.4, 0.5) is 9.52 Å². The lowest BCUT2D eigenvalue weighted by molar-refractivity contribution is 0.101. The number of nitrogens with zero attached hydrogens (tertiary/aromatic N) is 3. The first-order chi connectivity index (χ1) is 11.6. The standard InChI is InChI=1S/C16H15FN4O2S/c1-21-11-5-4-10(17)7-9(11)8-12(21)14(22)18-16-20-19-15(24-16)13-3-2-6-23-13/h4-5,7-8,13H,2-3,6H2,1H3,(H,18,20,22). The molecule has 3 heterocycles. The predicted octanol–water partition coefficient (Wildman–Crippen LogP) is 3.27. The topological polar surface area (TPSA) is 69.0 Å². The van der Waals surface area contributed by atoms with E-state index in [0.29, 0.717) is 16.2 Å². The number of nitrogens with one attached hydrogen (secondary N) is 1. The minimum Gasteiger partial charge on any atom is -0.371 e. The summed E-state index contributed by atoms with van der Waals surface area (Å²) in [4.78, 5) is 12.5. The Balaban J connectivity index is 1.57. The van der Waals surface area contributed by atoms with Crippen LogP contribution in [0.25, 0.3) is 10.9 Å². The minimum atomic E-state index is -0.328. The van der Waals surface area contributed by atoms with E-state index in [9.17, 15) is 9.18 Å². The highest BCUT2D eigenvalue weighted by Crippen LogP contribution is 2.32. The molecule has 1 aliphatic rings. The zero-order chi connectivity index (χ0) is 16.7. The van der Waals surface area contributed by atoms with Gasteiger partial charge in [-0.25, -0.2) is 4.39 Å². The third-order valence-corrected chi connectivity index (χ3v) is 5.03. The Bertz CT molecular complexity index is 914. The second-order valence-corrected chi connectivity index (χ2v) is 6.70. The second kappa shape index (κ2) is 5.95. The molecule has 0 aliphatic carbocycles. The van der Waals surface area contributed by atoms with E-state index in [1.54, 1.807) is 23.7 Å². The molecule has 3 aromatic rings. The number of carbonyl (C=O) groups excluding carboxylic acids is 1. The number of hydrogen-bond acceptors (Lipinski definition) is 5. The molecule has 1 unspecified atom stereocenters. The van der Waals surface area contributed by atoms with E-state index in [0.717, 1.165) is 30.0 Å². The normalized spacial score (nSPS) is 17.5. The van der Waals surface area contributed by atoms with Gasteiger partial charge < -0.3 is 9.30 Å². The SMILES string of the molecule is Cn1c(C(=O)Nc2nnc(C3CCCO3)s2)cc2cc(F)ccc21. The molecule has 1 amide bonds. The molecule has 1 N–H and O–H groups in total. The molecule has 0 bridgehead atoms. The van der Waals surface area contributed by atoms with E-state index >= 15 is 0 Å². The Labute approximate surface area is 141 Å². The van der Waals surface area contributed by atoms with Crippen LogP contribution in [0, 0.1) is 5.82 Å². The van der Waals surface area contributed by atoms with E-state index in [1.807, 2.05) is 0 Å². The number of aromatic nitrogens is 3. The lowest BCUT2D eigenvalue weighted by atomic mass is 10.2. The van der Waals surface area contributed by atoms with Crippen LogP contribution in [0.1, 0.15) is 34.4 Å². The number of halogens is 1. The highest BCUT2D eigenvalue weighted by molar-refractivity contribution is 7.15. The average molecular weight is 346 g/mol. The summed E-state index contributed by atoms with van der Waals surface area (Å²) in [7, 11) is 1.77. The molecule has 0 saturated carbocycles. The van der Waals surface area contributed by atoms with Crippen molar-refractivity contribution in [1.29, 1.82) is 0 Å². The number of rotatable bonds is 3. The molecule has 124 valence electrons. The Kier molecular flexibility index (Phi) is 3.78. The van der Waals surface area contributed by atoms with Crippen LogP contribution in [0.15, 0.2) is 24.3 Å². The van der Waals surface area contributed by atoms with Crippen molar-refractivity contribution in [3.63, 3.8) is 0 Å². The van der Waals surface area contributed by atoms with Crippen LogP contribution in [0.2, 0.25) is 0 Å². The number of anilines is 1. The van der Waals surface area contributed by atoms with E-state index < -0.39 is 0 Å². The number of ether oxygens (including phenoxy) is 1. The summed E-state index contributed by atoms with van der Waals surface area (Å²) in [6.07, 6.45) is 1.92. The Morgan fingerprint density at radius 2 is 2.29 bits per heavy atom. The zero-order valence-electron chi connectivity index (χ0n) is 13.0. The van der Waals surface area contributed by atoms with Crippen LogP contribution >= 0.6 is 11.3 Å². The van der Waals surface area contributed by atoms with Gasteiger partial charge >= 0.3 is 0 Å². The van der Waals surface area contributed by atoms with Crippen LogP contribution in [-0.2, 0) is 11.8 Å². The lowest BCUT2D eigenvalue weighted by Gasteiger charge is -2.04. The Morgan fingerprint density at radius 1 is 1.42 bits per heavy atom. The number of carbonyl (C=O) groups is 1. The first-order valence-corrected chi connectivity index (χ1v) is 8.45. The van der Waals surface area contributed by atoms with Gasteiger partial charge in [0.2, 0.25) is 5.13 Å². The highest BCUT2D eigenvalue weighted by atomic mass is 32.1. The summed E-state index contributed by atoms with van der Waals surface area (Å²) in [5.74, 6) is -0.630. The predicted molar refractivity (Wildman–Crippen MR) is 88.7 cm³/mol. The van der Waals surface area contributed by atoms with E-state index in [1.165, 1.54) is 23.5 Å². The number of amides is 1. The van der Waals surface area contributed by atoms with Gasteiger partial charge in [0.15, 0.2) is 0 Å². The highest BCUT2D eigenvalue weighted by Gasteiger charge is 2.23. The third-order valence-electron chi connectivity index (χ3n) is 4.10. The molecule has 1 aromatic carbocycles. The molecule has 1 saturated heterocycles. The van der Waals surface area contributed by atoms with Crippen molar-refractivity contribution in [2.75, 3.05) is 11.9 Å². The Morgan fingerprint density at radius 3 is 3.08 bits per heavy atom. The quantitative estimate of drug-likeness (QED) is 0.790. The summed E-state index contributed by atoms with van der Waals surface area (Å²) in [5.41, 5.74) is 1.23. The summed E-state index contributed by atoms with van der Waals surface area (Å²) >= 11 is 1.32. The number of aryl methyl sites for hydroxylation is 1. The fraction of sp³-hybridized carbons (Fsp3) is 0.312. The summed E-state index contributed by atoms with van der Waals surface area (Å²) in [5, 5.41) is 12.8. The van der Waals surface area contributed by atoms with Gasteiger partial charge in [-0.2, -0.15) is 0 Å². The number of benzene rings is 1. The van der Waals surface area contributed by atoms with E-state index in [4.69, 9.17) is 4.74 Å². The molecule has 1 atom stereocenters. The van der Waals surface area contributed by atoms with Gasteiger partial charge in [0, 0.05) is 24.6 Å². The molecule has 8 heteroatoms. The zero-order valence-corrected chi connectivity index (χ0v) is 13.8. The number of hydrogen-bond donors (Lipinski definition) is 1. The smallest absolute Gasteiger partial charge is 0.274 e. The van der Waals surface area contributed by atoms with Crippen LogP contribution in [0.3, 0.4) is 0 Å². The van der Waals surface area contributed by atoms with Gasteiger partial charge in [0.1, 0.15) is 22.6 Å². The largest absolute Gasteiger partial charge is 0.371 e. The molecule has 2 aromatic heterocycles. The number of fused-ring (bicyclic) bond motifs is 1. The molecule has 24 heavy (non-hydrogen) atoms. The van der Waals surface area contributed by atoms with Crippen LogP contribution in [0.5, 0.6) is 0 Å². The monoisotopic (exact) mass is 346 g/mol. The van der Waals surface area contributed by atoms with Crippen molar-refractivity contribution < 1.29 is 13.9 Å². The van der Waals surface area contributed by atoms with Gasteiger partial charge in [-0.15, -0.1) is 10.2 Å². The average Bonchev–Trinajstić information content (AvgIpc) is 3.27. The van der Waals surface area contributed by atoms with E-state index in [-0.39, 0.29) is 17.8 Å². The van der Waals surface area contributed by atoms with Gasteiger partial charge in [0.05, 0.1) is 0 Å². The first kappa shape index (κ1) is 15.2. The lowest BCUT2D eigenvalue weighted by Crippen LogP contribution is -2.15. The van der Waals surface area contributed by atoms with Crippen LogP contribution in [-0.4, -0.2) is 27.3 Å². The molecule has 0 spiro atoms. The van der Waals surface area contributed by atoms with Crippen molar-refractivity contribution >= 4 is 33.3 Å². The Hall–Kier alpha value is -2.32. The third kappa shape index (κ3) is 2.67. The fourth-order valence-electron chi connectivity index (χ4n) is 2.89. The van der Waals surface area contributed by atoms with Crippen molar-refractivity contribution in [2.24, 2.45) is 7.05 Å². The molecule has 4 rings (SSSR count). The fourth-order valence-corrected chi connectivity index (χ4v) is 3.71. The summed E-state index contributed by atoms with van der Waals surface area (Å²) in [6, 6.07) is 6.10. The molecule has 1 fully saturated rings. The second-order valence-electron chi connectivity index (χ2n) is 5.69. The molecule has 1 aliphatic heterocycles. The van der Waals surface area contributed by atoms with E-state index in [2.05, 4.69) is 15.5 Å². The van der Waals surface area contributed by atoms with Gasteiger partial charge in [-0.05, 0) is 37.1 Å².